The van der Waals surface area contributed by atoms with Crippen molar-refractivity contribution in [1.82, 2.24) is 0 Å². The Hall–Kier alpha value is -1.36. The van der Waals surface area contributed by atoms with E-state index in [1.54, 1.807) is 12.1 Å². The standard InChI is InChI=1S/C27H38F2/c1-3-5-7-21-12-15-23(16-13-21)24-18-26(28)25(27(29)19-24)17-14-22-10-8-20(6-4-2)9-11-22/h18-23H,3-13,15-16H2,1-2H3/t20?,21-,22?,23-. The third-order valence-electron chi connectivity index (χ3n) is 7.29. The number of benzene rings is 1. The van der Waals surface area contributed by atoms with Crippen LogP contribution in [0.25, 0.3) is 0 Å². The minimum absolute atomic E-state index is 0.0268. The van der Waals surface area contributed by atoms with Gasteiger partial charge in [-0.1, -0.05) is 57.8 Å². The Morgan fingerprint density at radius 3 is 1.97 bits per heavy atom. The molecule has 0 aromatic heterocycles. The second-order valence-electron chi connectivity index (χ2n) is 9.50. The predicted octanol–water partition coefficient (Wildman–Crippen LogP) is 8.39. The molecule has 0 radical (unpaired) electrons. The molecule has 0 bridgehead atoms. The molecule has 0 atom stereocenters. The number of halogens is 2. The van der Waals surface area contributed by atoms with Crippen LogP contribution in [0.3, 0.4) is 0 Å². The van der Waals surface area contributed by atoms with Crippen LogP contribution in [0.4, 0.5) is 8.78 Å². The maximum absolute atomic E-state index is 14.7. The van der Waals surface area contributed by atoms with Gasteiger partial charge in [0.2, 0.25) is 0 Å². The predicted molar refractivity (Wildman–Crippen MR) is 118 cm³/mol. The molecule has 0 spiro atoms. The van der Waals surface area contributed by atoms with Crippen LogP contribution < -0.4 is 0 Å². The zero-order valence-electron chi connectivity index (χ0n) is 18.4. The molecular weight excluding hydrogens is 362 g/mol. The van der Waals surface area contributed by atoms with E-state index < -0.39 is 11.6 Å². The molecule has 2 fully saturated rings. The molecule has 1 aromatic carbocycles. The van der Waals surface area contributed by atoms with Crippen molar-refractivity contribution in [3.05, 3.63) is 34.9 Å². The highest BCUT2D eigenvalue weighted by molar-refractivity contribution is 5.40. The van der Waals surface area contributed by atoms with Gasteiger partial charge in [0.05, 0.1) is 5.56 Å². The average molecular weight is 401 g/mol. The summed E-state index contributed by atoms with van der Waals surface area (Å²) >= 11 is 0. The number of hydrogen-bond donors (Lipinski definition) is 0. The summed E-state index contributed by atoms with van der Waals surface area (Å²) in [6.07, 6.45) is 15.4. The molecule has 2 aliphatic rings. The van der Waals surface area contributed by atoms with Gasteiger partial charge >= 0.3 is 0 Å². The molecule has 3 rings (SSSR count). The van der Waals surface area contributed by atoms with Gasteiger partial charge in [0.15, 0.2) is 0 Å². The number of hydrogen-bond acceptors (Lipinski definition) is 0. The molecule has 0 saturated heterocycles. The van der Waals surface area contributed by atoms with E-state index in [9.17, 15) is 8.78 Å². The number of rotatable bonds is 6. The molecule has 0 nitrogen and oxygen atoms in total. The van der Waals surface area contributed by atoms with Gasteiger partial charge in [-0.15, -0.1) is 0 Å². The molecule has 160 valence electrons. The first-order chi connectivity index (χ1) is 14.1. The summed E-state index contributed by atoms with van der Waals surface area (Å²) < 4.78 is 29.4. The fourth-order valence-electron chi connectivity index (χ4n) is 5.40. The second kappa shape index (κ2) is 11.1. The van der Waals surface area contributed by atoms with E-state index in [0.717, 1.165) is 43.1 Å². The Morgan fingerprint density at radius 1 is 0.793 bits per heavy atom. The molecule has 2 heteroatoms. The van der Waals surface area contributed by atoms with Crippen molar-refractivity contribution in [2.45, 2.75) is 103 Å². The lowest BCUT2D eigenvalue weighted by atomic mass is 9.77. The Morgan fingerprint density at radius 2 is 1.38 bits per heavy atom. The monoisotopic (exact) mass is 400 g/mol. The van der Waals surface area contributed by atoms with Crippen LogP contribution in [0.5, 0.6) is 0 Å². The minimum atomic E-state index is -0.472. The highest BCUT2D eigenvalue weighted by Crippen LogP contribution is 2.38. The van der Waals surface area contributed by atoms with Crippen molar-refractivity contribution >= 4 is 0 Å². The number of unbranched alkanes of at least 4 members (excludes halogenated alkanes) is 1. The summed E-state index contributed by atoms with van der Waals surface area (Å²) in [5, 5.41) is 0. The third kappa shape index (κ3) is 6.31. The van der Waals surface area contributed by atoms with Crippen molar-refractivity contribution in [1.29, 1.82) is 0 Å². The van der Waals surface area contributed by atoms with Crippen molar-refractivity contribution in [3.63, 3.8) is 0 Å². The first-order valence-electron chi connectivity index (χ1n) is 12.1. The largest absolute Gasteiger partial charge is 0.206 e. The van der Waals surface area contributed by atoms with Crippen LogP contribution in [0.1, 0.15) is 114 Å². The molecular formula is C27H38F2. The Bertz CT molecular complexity index is 672. The first kappa shape index (κ1) is 22.3. The Balaban J connectivity index is 1.59. The van der Waals surface area contributed by atoms with E-state index in [1.807, 2.05) is 0 Å². The quantitative estimate of drug-likeness (QED) is 0.421. The lowest BCUT2D eigenvalue weighted by molar-refractivity contribution is 0.300. The summed E-state index contributed by atoms with van der Waals surface area (Å²) in [5.74, 6) is 7.31. The highest BCUT2D eigenvalue weighted by Gasteiger charge is 2.24. The molecule has 29 heavy (non-hydrogen) atoms. The van der Waals surface area contributed by atoms with Crippen molar-refractivity contribution in [3.8, 4) is 11.8 Å². The van der Waals surface area contributed by atoms with Crippen molar-refractivity contribution in [2.75, 3.05) is 0 Å². The maximum Gasteiger partial charge on any atom is 0.142 e. The van der Waals surface area contributed by atoms with Crippen LogP contribution in [-0.4, -0.2) is 0 Å². The summed E-state index contributed by atoms with van der Waals surface area (Å²) in [4.78, 5) is 0. The minimum Gasteiger partial charge on any atom is -0.206 e. The Labute approximate surface area is 176 Å². The maximum atomic E-state index is 14.7. The fraction of sp³-hybridized carbons (Fsp3) is 0.704. The van der Waals surface area contributed by atoms with E-state index >= 15 is 0 Å². The van der Waals surface area contributed by atoms with E-state index in [4.69, 9.17) is 0 Å². The molecule has 0 aliphatic heterocycles. The van der Waals surface area contributed by atoms with E-state index in [2.05, 4.69) is 25.7 Å². The van der Waals surface area contributed by atoms with Crippen molar-refractivity contribution in [2.24, 2.45) is 17.8 Å². The van der Waals surface area contributed by atoms with Crippen LogP contribution in [0, 0.1) is 41.2 Å². The molecule has 2 saturated carbocycles. The van der Waals surface area contributed by atoms with E-state index in [-0.39, 0.29) is 5.56 Å². The average Bonchev–Trinajstić information content (AvgIpc) is 2.73. The Kier molecular flexibility index (Phi) is 8.58. The van der Waals surface area contributed by atoms with Gasteiger partial charge in [-0.3, -0.25) is 0 Å². The van der Waals surface area contributed by atoms with Crippen molar-refractivity contribution < 1.29 is 8.78 Å². The van der Waals surface area contributed by atoms with Gasteiger partial charge in [-0.2, -0.15) is 0 Å². The van der Waals surface area contributed by atoms with Gasteiger partial charge in [0, 0.05) is 5.92 Å². The second-order valence-corrected chi connectivity index (χ2v) is 9.50. The zero-order valence-corrected chi connectivity index (χ0v) is 18.4. The lowest BCUT2D eigenvalue weighted by Crippen LogP contribution is -2.14. The molecule has 0 unspecified atom stereocenters. The van der Waals surface area contributed by atoms with Gasteiger partial charge in [0.1, 0.15) is 11.6 Å². The highest BCUT2D eigenvalue weighted by atomic mass is 19.1. The van der Waals surface area contributed by atoms with Gasteiger partial charge < -0.3 is 0 Å². The molecule has 2 aliphatic carbocycles. The lowest BCUT2D eigenvalue weighted by Gasteiger charge is -2.29. The van der Waals surface area contributed by atoms with E-state index in [0.29, 0.717) is 11.8 Å². The fourth-order valence-corrected chi connectivity index (χ4v) is 5.40. The van der Waals surface area contributed by atoms with Gasteiger partial charge in [0.25, 0.3) is 0 Å². The van der Waals surface area contributed by atoms with Crippen LogP contribution in [0.15, 0.2) is 12.1 Å². The summed E-state index contributed by atoms with van der Waals surface area (Å²) in [5.41, 5.74) is 0.806. The SMILES string of the molecule is CCCC[C@H]1CC[C@H](c2cc(F)c(C#CC3CCC(CCC)CC3)c(F)c2)CC1. The van der Waals surface area contributed by atoms with Crippen LogP contribution in [0.2, 0.25) is 0 Å². The normalized spacial score (nSPS) is 27.3. The van der Waals surface area contributed by atoms with Gasteiger partial charge in [-0.25, -0.2) is 8.78 Å². The smallest absolute Gasteiger partial charge is 0.142 e. The molecule has 1 aromatic rings. The molecule has 0 heterocycles. The molecule has 0 amide bonds. The first-order valence-corrected chi connectivity index (χ1v) is 12.1. The summed E-state index contributed by atoms with van der Waals surface area (Å²) in [7, 11) is 0. The molecule has 0 N–H and O–H groups in total. The van der Waals surface area contributed by atoms with E-state index in [1.165, 1.54) is 57.8 Å². The van der Waals surface area contributed by atoms with Gasteiger partial charge in [-0.05, 0) is 86.8 Å². The van der Waals surface area contributed by atoms with Crippen LogP contribution >= 0.6 is 0 Å². The third-order valence-corrected chi connectivity index (χ3v) is 7.29. The zero-order chi connectivity index (χ0) is 20.6. The summed E-state index contributed by atoms with van der Waals surface area (Å²) in [6.45, 7) is 4.47. The summed E-state index contributed by atoms with van der Waals surface area (Å²) in [6, 6.07) is 3.12. The van der Waals surface area contributed by atoms with Crippen LogP contribution in [-0.2, 0) is 0 Å². The topological polar surface area (TPSA) is 0 Å².